The van der Waals surface area contributed by atoms with Crippen LogP contribution in [-0.2, 0) is 11.3 Å². The molecule has 0 unspecified atom stereocenters. The van der Waals surface area contributed by atoms with E-state index in [1.54, 1.807) is 32.0 Å². The summed E-state index contributed by atoms with van der Waals surface area (Å²) in [4.78, 5) is 16.6. The van der Waals surface area contributed by atoms with Crippen molar-refractivity contribution in [2.75, 3.05) is 6.61 Å². The summed E-state index contributed by atoms with van der Waals surface area (Å²) in [5, 5.41) is 8.19. The minimum absolute atomic E-state index is 0.266. The Morgan fingerprint density at radius 2 is 2.14 bits per heavy atom. The van der Waals surface area contributed by atoms with Gasteiger partial charge in [0, 0.05) is 6.07 Å². The number of aryl methyl sites for hydroxylation is 1. The van der Waals surface area contributed by atoms with E-state index in [2.05, 4.69) is 19.9 Å². The lowest BCUT2D eigenvalue weighted by Gasteiger charge is -2.02. The number of fused-ring (bicyclic) bond motifs is 1. The SMILES string of the molecule is CCOC(=O)c1sc(COc2ccc3nonc3c2)nc1C. The summed E-state index contributed by atoms with van der Waals surface area (Å²) in [5.41, 5.74) is 1.94. The van der Waals surface area contributed by atoms with Gasteiger partial charge < -0.3 is 9.47 Å². The Hall–Kier alpha value is -2.48. The molecule has 7 nitrogen and oxygen atoms in total. The minimum Gasteiger partial charge on any atom is -0.486 e. The van der Waals surface area contributed by atoms with E-state index in [9.17, 15) is 4.79 Å². The number of aromatic nitrogens is 3. The zero-order valence-corrected chi connectivity index (χ0v) is 12.8. The van der Waals surface area contributed by atoms with Crippen LogP contribution in [0.2, 0.25) is 0 Å². The van der Waals surface area contributed by atoms with Crippen molar-refractivity contribution in [1.82, 2.24) is 15.3 Å². The van der Waals surface area contributed by atoms with E-state index < -0.39 is 0 Å². The average Bonchev–Trinajstić information content (AvgIpc) is 3.11. The van der Waals surface area contributed by atoms with Crippen molar-refractivity contribution in [1.29, 1.82) is 0 Å². The van der Waals surface area contributed by atoms with Gasteiger partial charge in [-0.3, -0.25) is 0 Å². The molecule has 0 radical (unpaired) electrons. The molecule has 3 aromatic rings. The molecule has 0 spiro atoms. The molecular formula is C14H13N3O4S. The highest BCUT2D eigenvalue weighted by Crippen LogP contribution is 2.22. The summed E-state index contributed by atoms with van der Waals surface area (Å²) >= 11 is 1.27. The molecule has 1 aromatic carbocycles. The third kappa shape index (κ3) is 2.91. The molecule has 2 aromatic heterocycles. The topological polar surface area (TPSA) is 87.3 Å². The van der Waals surface area contributed by atoms with Crippen molar-refractivity contribution in [2.45, 2.75) is 20.5 Å². The zero-order valence-electron chi connectivity index (χ0n) is 12.0. The van der Waals surface area contributed by atoms with Crippen LogP contribution < -0.4 is 4.74 Å². The number of ether oxygens (including phenoxy) is 2. The summed E-state index contributed by atoms with van der Waals surface area (Å²) < 4.78 is 15.3. The maximum absolute atomic E-state index is 11.8. The van der Waals surface area contributed by atoms with Crippen LogP contribution in [0.5, 0.6) is 5.75 Å². The predicted molar refractivity (Wildman–Crippen MR) is 78.9 cm³/mol. The summed E-state index contributed by atoms with van der Waals surface area (Å²) in [7, 11) is 0. The lowest BCUT2D eigenvalue weighted by molar-refractivity contribution is 0.0531. The van der Waals surface area contributed by atoms with Crippen molar-refractivity contribution < 1.29 is 18.9 Å². The van der Waals surface area contributed by atoms with Gasteiger partial charge in [0.15, 0.2) is 0 Å². The van der Waals surface area contributed by atoms with Crippen LogP contribution in [-0.4, -0.2) is 27.9 Å². The van der Waals surface area contributed by atoms with E-state index in [0.717, 1.165) is 0 Å². The minimum atomic E-state index is -0.348. The van der Waals surface area contributed by atoms with Crippen LogP contribution in [0.15, 0.2) is 22.8 Å². The molecule has 3 rings (SSSR count). The maximum Gasteiger partial charge on any atom is 0.350 e. The lowest BCUT2D eigenvalue weighted by Crippen LogP contribution is -2.03. The third-order valence-electron chi connectivity index (χ3n) is 2.89. The van der Waals surface area contributed by atoms with Crippen LogP contribution in [0, 0.1) is 6.92 Å². The van der Waals surface area contributed by atoms with E-state index in [-0.39, 0.29) is 12.6 Å². The molecule has 0 N–H and O–H groups in total. The van der Waals surface area contributed by atoms with Gasteiger partial charge >= 0.3 is 5.97 Å². The highest BCUT2D eigenvalue weighted by atomic mass is 32.1. The lowest BCUT2D eigenvalue weighted by atomic mass is 10.3. The van der Waals surface area contributed by atoms with Gasteiger partial charge in [0.2, 0.25) is 0 Å². The first kappa shape index (κ1) is 14.5. The van der Waals surface area contributed by atoms with Crippen LogP contribution in [0.4, 0.5) is 0 Å². The largest absolute Gasteiger partial charge is 0.486 e. The van der Waals surface area contributed by atoms with Gasteiger partial charge in [0.1, 0.15) is 33.3 Å². The van der Waals surface area contributed by atoms with Crippen LogP contribution in [0.3, 0.4) is 0 Å². The number of carbonyl (C=O) groups is 1. The van der Waals surface area contributed by atoms with Gasteiger partial charge in [-0.1, -0.05) is 0 Å². The molecule has 0 bridgehead atoms. The summed E-state index contributed by atoms with van der Waals surface area (Å²) in [6, 6.07) is 5.27. The van der Waals surface area contributed by atoms with Gasteiger partial charge in [0.25, 0.3) is 0 Å². The van der Waals surface area contributed by atoms with E-state index in [4.69, 9.17) is 9.47 Å². The van der Waals surface area contributed by atoms with Crippen molar-refractivity contribution in [3.05, 3.63) is 33.8 Å². The third-order valence-corrected chi connectivity index (χ3v) is 4.00. The number of hydrogen-bond donors (Lipinski definition) is 0. The Bertz CT molecular complexity index is 811. The second-order valence-corrected chi connectivity index (χ2v) is 5.53. The molecule has 22 heavy (non-hydrogen) atoms. The van der Waals surface area contributed by atoms with Gasteiger partial charge in [-0.15, -0.1) is 11.3 Å². The quantitative estimate of drug-likeness (QED) is 0.668. The zero-order chi connectivity index (χ0) is 15.5. The predicted octanol–water partition coefficient (Wildman–Crippen LogP) is 2.74. The van der Waals surface area contributed by atoms with Crippen molar-refractivity contribution in [3.8, 4) is 5.75 Å². The highest BCUT2D eigenvalue weighted by Gasteiger charge is 2.16. The smallest absolute Gasteiger partial charge is 0.350 e. The highest BCUT2D eigenvalue weighted by molar-refractivity contribution is 7.13. The maximum atomic E-state index is 11.8. The number of rotatable bonds is 5. The molecule has 0 saturated carbocycles. The first-order valence-corrected chi connectivity index (χ1v) is 7.47. The fourth-order valence-electron chi connectivity index (χ4n) is 1.90. The van der Waals surface area contributed by atoms with Gasteiger partial charge in [-0.25, -0.2) is 14.4 Å². The van der Waals surface area contributed by atoms with E-state index in [0.29, 0.717) is 39.0 Å². The van der Waals surface area contributed by atoms with Gasteiger partial charge in [-0.05, 0) is 36.3 Å². The van der Waals surface area contributed by atoms with E-state index in [1.807, 2.05) is 0 Å². The van der Waals surface area contributed by atoms with Crippen molar-refractivity contribution in [2.24, 2.45) is 0 Å². The summed E-state index contributed by atoms with van der Waals surface area (Å²) in [6.45, 7) is 4.15. The molecule has 0 amide bonds. The number of benzene rings is 1. The van der Waals surface area contributed by atoms with Gasteiger partial charge in [-0.2, -0.15) is 0 Å². The fraction of sp³-hybridized carbons (Fsp3) is 0.286. The standard InChI is InChI=1S/C14H13N3O4S/c1-3-19-14(18)13-8(2)15-12(22-13)7-20-9-4-5-10-11(6-9)17-21-16-10/h4-6H,3,7H2,1-2H3. The first-order chi connectivity index (χ1) is 10.7. The van der Waals surface area contributed by atoms with Crippen molar-refractivity contribution in [3.63, 3.8) is 0 Å². The molecule has 8 heteroatoms. The molecular weight excluding hydrogens is 306 g/mol. The van der Waals surface area contributed by atoms with Crippen molar-refractivity contribution >= 4 is 28.3 Å². The average molecular weight is 319 g/mol. The van der Waals surface area contributed by atoms with E-state index in [1.165, 1.54) is 11.3 Å². The molecule has 0 aliphatic heterocycles. The Labute approximate surface area is 129 Å². The van der Waals surface area contributed by atoms with Crippen LogP contribution >= 0.6 is 11.3 Å². The molecule has 0 atom stereocenters. The van der Waals surface area contributed by atoms with Gasteiger partial charge in [0.05, 0.1) is 12.3 Å². The molecule has 0 fully saturated rings. The first-order valence-electron chi connectivity index (χ1n) is 6.66. The normalized spacial score (nSPS) is 10.8. The van der Waals surface area contributed by atoms with Crippen LogP contribution in [0.1, 0.15) is 27.3 Å². The van der Waals surface area contributed by atoms with E-state index >= 15 is 0 Å². The number of hydrogen-bond acceptors (Lipinski definition) is 8. The Kier molecular flexibility index (Phi) is 4.01. The molecule has 2 heterocycles. The monoisotopic (exact) mass is 319 g/mol. The molecule has 114 valence electrons. The Balaban J connectivity index is 1.70. The molecule has 0 saturated heterocycles. The Morgan fingerprint density at radius 3 is 2.95 bits per heavy atom. The second kappa shape index (κ2) is 6.10. The molecule has 0 aliphatic carbocycles. The summed E-state index contributed by atoms with van der Waals surface area (Å²) in [6.07, 6.45) is 0. The fourth-order valence-corrected chi connectivity index (χ4v) is 2.77. The number of nitrogens with zero attached hydrogens (tertiary/aromatic N) is 3. The number of esters is 1. The number of carbonyl (C=O) groups excluding carboxylic acids is 1. The summed E-state index contributed by atoms with van der Waals surface area (Å²) in [5.74, 6) is 0.285. The Morgan fingerprint density at radius 1 is 1.32 bits per heavy atom. The molecule has 0 aliphatic rings. The van der Waals surface area contributed by atoms with Crippen LogP contribution in [0.25, 0.3) is 11.0 Å². The number of thiazole rings is 1. The second-order valence-electron chi connectivity index (χ2n) is 4.45.